The average molecular weight is 354 g/mol. The largest absolute Gasteiger partial charge is 0.467 e. The quantitative estimate of drug-likeness (QED) is 0.834. The summed E-state index contributed by atoms with van der Waals surface area (Å²) in [7, 11) is 0. The number of urea groups is 1. The fourth-order valence-electron chi connectivity index (χ4n) is 1.97. The van der Waals surface area contributed by atoms with Gasteiger partial charge in [-0.3, -0.25) is 10.1 Å². The molecule has 2 rings (SSSR count). The van der Waals surface area contributed by atoms with Gasteiger partial charge in [0.2, 0.25) is 5.91 Å². The first-order valence-corrected chi connectivity index (χ1v) is 8.18. The van der Waals surface area contributed by atoms with Crippen molar-refractivity contribution < 1.29 is 22.8 Å². The normalized spacial score (nSPS) is 11.8. The highest BCUT2D eigenvalue weighted by molar-refractivity contribution is 8.00. The SMILES string of the molecule is CC(SCC(=O)NC(=O)NCc1ccco1)c1c(F)cccc1F. The van der Waals surface area contributed by atoms with Crippen molar-refractivity contribution in [3.8, 4) is 0 Å². The summed E-state index contributed by atoms with van der Waals surface area (Å²) in [5.41, 5.74) is -0.0856. The molecule has 1 aromatic carbocycles. The molecule has 2 aromatic rings. The van der Waals surface area contributed by atoms with Crippen LogP contribution in [-0.2, 0) is 11.3 Å². The van der Waals surface area contributed by atoms with Crippen LogP contribution in [0.1, 0.15) is 23.5 Å². The van der Waals surface area contributed by atoms with E-state index in [0.717, 1.165) is 23.9 Å². The Morgan fingerprint density at radius 1 is 1.21 bits per heavy atom. The highest BCUT2D eigenvalue weighted by Crippen LogP contribution is 2.31. The number of carbonyl (C=O) groups is 2. The van der Waals surface area contributed by atoms with E-state index in [1.807, 2.05) is 0 Å². The lowest BCUT2D eigenvalue weighted by molar-refractivity contribution is -0.117. The summed E-state index contributed by atoms with van der Waals surface area (Å²) in [6.07, 6.45) is 1.47. The molecule has 1 aromatic heterocycles. The monoisotopic (exact) mass is 354 g/mol. The Kier molecular flexibility index (Phi) is 6.36. The molecular formula is C16H16F2N2O3S. The van der Waals surface area contributed by atoms with Crippen molar-refractivity contribution >= 4 is 23.7 Å². The first kappa shape index (κ1) is 18.0. The minimum atomic E-state index is -0.665. The molecule has 2 N–H and O–H groups in total. The van der Waals surface area contributed by atoms with Crippen LogP contribution in [-0.4, -0.2) is 17.7 Å². The van der Waals surface area contributed by atoms with Gasteiger partial charge in [-0.2, -0.15) is 0 Å². The van der Waals surface area contributed by atoms with E-state index < -0.39 is 28.8 Å². The minimum Gasteiger partial charge on any atom is -0.467 e. The number of nitrogens with one attached hydrogen (secondary N) is 2. The van der Waals surface area contributed by atoms with Crippen molar-refractivity contribution in [3.05, 3.63) is 59.6 Å². The van der Waals surface area contributed by atoms with Crippen LogP contribution in [0.15, 0.2) is 41.0 Å². The summed E-state index contributed by atoms with van der Waals surface area (Å²) < 4.78 is 32.3. The molecule has 5 nitrogen and oxygen atoms in total. The van der Waals surface area contributed by atoms with Gasteiger partial charge in [-0.1, -0.05) is 6.07 Å². The van der Waals surface area contributed by atoms with Gasteiger partial charge in [0.1, 0.15) is 17.4 Å². The maximum Gasteiger partial charge on any atom is 0.321 e. The van der Waals surface area contributed by atoms with Gasteiger partial charge >= 0.3 is 6.03 Å². The maximum atomic E-state index is 13.6. The number of furan rings is 1. The molecule has 0 saturated carbocycles. The van der Waals surface area contributed by atoms with E-state index in [0.29, 0.717) is 5.76 Å². The van der Waals surface area contributed by atoms with E-state index in [-0.39, 0.29) is 17.9 Å². The number of hydrogen-bond acceptors (Lipinski definition) is 4. The van der Waals surface area contributed by atoms with Gasteiger partial charge in [-0.15, -0.1) is 11.8 Å². The zero-order chi connectivity index (χ0) is 17.5. The van der Waals surface area contributed by atoms with Gasteiger partial charge in [-0.05, 0) is 31.2 Å². The zero-order valence-electron chi connectivity index (χ0n) is 12.8. The summed E-state index contributed by atoms with van der Waals surface area (Å²) in [4.78, 5) is 23.3. The van der Waals surface area contributed by atoms with Crippen molar-refractivity contribution in [3.63, 3.8) is 0 Å². The Morgan fingerprint density at radius 3 is 2.54 bits per heavy atom. The molecule has 0 aliphatic carbocycles. The third kappa shape index (κ3) is 5.09. The number of rotatable bonds is 6. The number of halogens is 2. The smallest absolute Gasteiger partial charge is 0.321 e. The molecule has 8 heteroatoms. The molecule has 0 aliphatic heterocycles. The standard InChI is InChI=1S/C16H16F2N2O3S/c1-10(15-12(17)5-2-6-13(15)18)24-9-14(21)20-16(22)19-8-11-4-3-7-23-11/h2-7,10H,8-9H2,1H3,(H2,19,20,21,22). The van der Waals surface area contributed by atoms with Gasteiger partial charge in [0, 0.05) is 10.8 Å². The van der Waals surface area contributed by atoms with E-state index >= 15 is 0 Å². The topological polar surface area (TPSA) is 71.3 Å². The van der Waals surface area contributed by atoms with Gasteiger partial charge in [0.15, 0.2) is 0 Å². The van der Waals surface area contributed by atoms with Crippen molar-refractivity contribution in [2.24, 2.45) is 0 Å². The number of thioether (sulfide) groups is 1. The van der Waals surface area contributed by atoms with Gasteiger partial charge in [0.25, 0.3) is 0 Å². The summed E-state index contributed by atoms with van der Waals surface area (Å²) >= 11 is 1.03. The molecule has 128 valence electrons. The molecule has 1 unspecified atom stereocenters. The molecule has 24 heavy (non-hydrogen) atoms. The number of carbonyl (C=O) groups excluding carboxylic acids is 2. The number of amides is 3. The third-order valence-electron chi connectivity index (χ3n) is 3.13. The van der Waals surface area contributed by atoms with Crippen LogP contribution in [0.5, 0.6) is 0 Å². The molecule has 1 heterocycles. The summed E-state index contributed by atoms with van der Waals surface area (Å²) in [5, 5.41) is 4.03. The van der Waals surface area contributed by atoms with E-state index in [4.69, 9.17) is 4.42 Å². The predicted octanol–water partition coefficient (Wildman–Crippen LogP) is 3.38. The molecular weight excluding hydrogens is 338 g/mol. The molecule has 1 atom stereocenters. The lowest BCUT2D eigenvalue weighted by atomic mass is 10.1. The highest BCUT2D eigenvalue weighted by atomic mass is 32.2. The van der Waals surface area contributed by atoms with Gasteiger partial charge in [0.05, 0.1) is 18.6 Å². The van der Waals surface area contributed by atoms with E-state index in [1.54, 1.807) is 19.1 Å². The van der Waals surface area contributed by atoms with E-state index in [9.17, 15) is 18.4 Å². The Hall–Kier alpha value is -2.35. The third-order valence-corrected chi connectivity index (χ3v) is 4.29. The first-order valence-electron chi connectivity index (χ1n) is 7.13. The second-order valence-electron chi connectivity index (χ2n) is 4.90. The van der Waals surface area contributed by atoms with Crippen LogP contribution in [0, 0.1) is 11.6 Å². The van der Waals surface area contributed by atoms with Crippen molar-refractivity contribution in [2.75, 3.05) is 5.75 Å². The maximum absolute atomic E-state index is 13.6. The molecule has 0 fully saturated rings. The number of benzene rings is 1. The van der Waals surface area contributed by atoms with Crippen molar-refractivity contribution in [2.45, 2.75) is 18.7 Å². The van der Waals surface area contributed by atoms with Crippen LogP contribution < -0.4 is 10.6 Å². The van der Waals surface area contributed by atoms with E-state index in [1.165, 1.54) is 12.3 Å². The number of imide groups is 1. The minimum absolute atomic E-state index is 0.0856. The molecule has 0 aliphatic rings. The highest BCUT2D eigenvalue weighted by Gasteiger charge is 2.18. The zero-order valence-corrected chi connectivity index (χ0v) is 13.7. The van der Waals surface area contributed by atoms with E-state index in [2.05, 4.69) is 10.6 Å². The fourth-order valence-corrected chi connectivity index (χ4v) is 2.84. The molecule has 3 amide bonds. The fraction of sp³-hybridized carbons (Fsp3) is 0.250. The Morgan fingerprint density at radius 2 is 1.92 bits per heavy atom. The second-order valence-corrected chi connectivity index (χ2v) is 6.23. The van der Waals surface area contributed by atoms with Gasteiger partial charge < -0.3 is 9.73 Å². The lowest BCUT2D eigenvalue weighted by Crippen LogP contribution is -2.40. The average Bonchev–Trinajstić information content (AvgIpc) is 3.04. The van der Waals surface area contributed by atoms with Crippen LogP contribution in [0.2, 0.25) is 0 Å². The molecule has 0 bridgehead atoms. The van der Waals surface area contributed by atoms with Crippen molar-refractivity contribution in [1.29, 1.82) is 0 Å². The molecule has 0 saturated heterocycles. The molecule has 0 spiro atoms. The van der Waals surface area contributed by atoms with Gasteiger partial charge in [-0.25, -0.2) is 13.6 Å². The Labute approximate surface area is 141 Å². The molecule has 0 radical (unpaired) electrons. The van der Waals surface area contributed by atoms with Crippen LogP contribution in [0.25, 0.3) is 0 Å². The summed E-state index contributed by atoms with van der Waals surface area (Å²) in [6.45, 7) is 1.74. The Balaban J connectivity index is 1.77. The second kappa shape index (κ2) is 8.49. The Bertz CT molecular complexity index is 687. The van der Waals surface area contributed by atoms with Crippen LogP contribution in [0.3, 0.4) is 0 Å². The van der Waals surface area contributed by atoms with Crippen LogP contribution in [0.4, 0.5) is 13.6 Å². The summed E-state index contributed by atoms with van der Waals surface area (Å²) in [5.74, 6) is -1.43. The van der Waals surface area contributed by atoms with Crippen molar-refractivity contribution in [1.82, 2.24) is 10.6 Å². The summed E-state index contributed by atoms with van der Waals surface area (Å²) in [6, 6.07) is 6.31. The number of hydrogen-bond donors (Lipinski definition) is 2. The first-order chi connectivity index (χ1) is 11.5. The van der Waals surface area contributed by atoms with Crippen LogP contribution >= 0.6 is 11.8 Å². The predicted molar refractivity (Wildman–Crippen MR) is 86.3 cm³/mol. The lowest BCUT2D eigenvalue weighted by Gasteiger charge is -2.13.